The molecular formula is C33H33F6N10O5P. The van der Waals surface area contributed by atoms with E-state index in [2.05, 4.69) is 40.1 Å². The molecule has 0 radical (unpaired) electrons. The molecule has 15 nitrogen and oxygen atoms in total. The predicted octanol–water partition coefficient (Wildman–Crippen LogP) is 5.37. The van der Waals surface area contributed by atoms with Gasteiger partial charge in [0.1, 0.15) is 72.4 Å². The van der Waals surface area contributed by atoms with Crippen LogP contribution < -0.4 is 0 Å². The highest BCUT2D eigenvalue weighted by Gasteiger charge is 2.49. The first-order valence-electron chi connectivity index (χ1n) is 15.9. The number of phosphoric acid groups is 1. The van der Waals surface area contributed by atoms with Crippen molar-refractivity contribution in [3.8, 4) is 0 Å². The zero-order chi connectivity index (χ0) is 40.0. The molecule has 6 rings (SSSR count). The Hall–Kier alpha value is -5.47. The molecule has 0 unspecified atom stereocenters. The Kier molecular flexibility index (Phi) is 12.5. The molecule has 0 aliphatic carbocycles. The van der Waals surface area contributed by atoms with Crippen molar-refractivity contribution in [1.29, 1.82) is 0 Å². The van der Waals surface area contributed by atoms with E-state index in [0.717, 1.165) is 54.0 Å². The second-order valence-electron chi connectivity index (χ2n) is 12.0. The van der Waals surface area contributed by atoms with Crippen LogP contribution in [0.15, 0.2) is 86.8 Å². The van der Waals surface area contributed by atoms with Crippen LogP contribution in [0.3, 0.4) is 0 Å². The third kappa shape index (κ3) is 9.09. The maximum Gasteiger partial charge on any atom is 0.470 e. The Morgan fingerprint density at radius 3 is 1.51 bits per heavy atom. The fraction of sp³-hybridized carbons (Fsp3) is 0.273. The van der Waals surface area contributed by atoms with Crippen molar-refractivity contribution < 1.29 is 51.4 Å². The zero-order valence-corrected chi connectivity index (χ0v) is 29.9. The summed E-state index contributed by atoms with van der Waals surface area (Å²) in [6.07, 6.45) is 9.17. The molecule has 6 aromatic rings. The van der Waals surface area contributed by atoms with Gasteiger partial charge in [0, 0.05) is 43.6 Å². The summed E-state index contributed by atoms with van der Waals surface area (Å²) in [5.74, 6) is -7.19. The highest BCUT2D eigenvalue weighted by atomic mass is 31.2. The first-order chi connectivity index (χ1) is 26.1. The summed E-state index contributed by atoms with van der Waals surface area (Å²) in [6, 6.07) is 5.54. The minimum atomic E-state index is -5.28. The minimum Gasteiger partial charge on any atom is -0.371 e. The van der Waals surface area contributed by atoms with E-state index in [1.54, 1.807) is 6.92 Å². The Balaban J connectivity index is 0.000000246. The maximum atomic E-state index is 14.8. The van der Waals surface area contributed by atoms with Crippen molar-refractivity contribution >= 4 is 7.82 Å². The van der Waals surface area contributed by atoms with Gasteiger partial charge in [-0.05, 0) is 12.1 Å². The molecule has 4 heterocycles. The van der Waals surface area contributed by atoms with Gasteiger partial charge in [0.2, 0.25) is 0 Å². The molecule has 55 heavy (non-hydrogen) atoms. The second kappa shape index (κ2) is 16.9. The van der Waals surface area contributed by atoms with Gasteiger partial charge in [0.05, 0.1) is 36.9 Å². The van der Waals surface area contributed by atoms with Gasteiger partial charge in [-0.1, -0.05) is 26.0 Å². The zero-order valence-electron chi connectivity index (χ0n) is 29.0. The van der Waals surface area contributed by atoms with Crippen molar-refractivity contribution in [2.75, 3.05) is 7.11 Å². The number of hydrogen-bond acceptors (Lipinski definition) is 11. The standard InChI is InChI=1S/C17H16F3N5O.C16H15F3N5O4P.H2/c1-11(16-15(20)6-21-8-23-16)17(26-2,7-25-10-22-9-24-25)13-4-3-12(18)5-14(13)19;1-10(15-14(19)5-20-7-22-15)16(28-29(25,26)27,6-24-9-21-8-23-24)12-3-2-11(17)4-13(12)18;/h3-6,8-11H,7H2,1-2H3;2-5,7-10H,6H2,1H3,(H2,25,26,27);1H/t11-,17+;10-,16+;/m00./s1. The Bertz CT molecular complexity index is 2260. The van der Waals surface area contributed by atoms with E-state index in [4.69, 9.17) is 9.26 Å². The molecule has 0 fully saturated rings. The predicted molar refractivity (Wildman–Crippen MR) is 179 cm³/mol. The van der Waals surface area contributed by atoms with Gasteiger partial charge in [-0.3, -0.25) is 4.52 Å². The van der Waals surface area contributed by atoms with Crippen molar-refractivity contribution in [3.05, 3.63) is 144 Å². The molecule has 2 N–H and O–H groups in total. The summed E-state index contributed by atoms with van der Waals surface area (Å²) in [5.41, 5.74) is -4.27. The molecular weight excluding hydrogens is 761 g/mol. The molecule has 0 spiro atoms. The van der Waals surface area contributed by atoms with Crippen LogP contribution in [0.5, 0.6) is 0 Å². The molecule has 0 saturated heterocycles. The number of methoxy groups -OCH3 is 1. The van der Waals surface area contributed by atoms with Gasteiger partial charge in [0.15, 0.2) is 11.6 Å². The quantitative estimate of drug-likeness (QED) is 0.112. The van der Waals surface area contributed by atoms with Gasteiger partial charge in [-0.25, -0.2) is 70.2 Å². The fourth-order valence-electron chi connectivity index (χ4n) is 6.13. The van der Waals surface area contributed by atoms with Crippen molar-refractivity contribution in [2.45, 2.75) is 50.0 Å². The number of rotatable bonds is 13. The largest absolute Gasteiger partial charge is 0.470 e. The van der Waals surface area contributed by atoms with E-state index in [-0.39, 0.29) is 24.9 Å². The molecule has 292 valence electrons. The van der Waals surface area contributed by atoms with E-state index in [1.165, 1.54) is 50.1 Å². The lowest BCUT2D eigenvalue weighted by molar-refractivity contribution is -0.0555. The third-order valence-electron chi connectivity index (χ3n) is 8.76. The summed E-state index contributed by atoms with van der Waals surface area (Å²) in [4.78, 5) is 41.7. The van der Waals surface area contributed by atoms with E-state index in [9.17, 15) is 40.7 Å². The topological polar surface area (TPSA) is 189 Å². The number of halogens is 6. The lowest BCUT2D eigenvalue weighted by Gasteiger charge is -2.38. The van der Waals surface area contributed by atoms with Crippen LogP contribution in [0.25, 0.3) is 0 Å². The highest BCUT2D eigenvalue weighted by Crippen LogP contribution is 2.53. The molecule has 22 heteroatoms. The minimum absolute atomic E-state index is 0. The number of ether oxygens (including phenoxy) is 1. The van der Waals surface area contributed by atoms with Crippen molar-refractivity contribution in [2.24, 2.45) is 0 Å². The van der Waals surface area contributed by atoms with Gasteiger partial charge < -0.3 is 14.5 Å². The average molecular weight is 795 g/mol. The third-order valence-corrected chi connectivity index (χ3v) is 9.32. The van der Waals surface area contributed by atoms with Gasteiger partial charge >= 0.3 is 7.82 Å². The summed E-state index contributed by atoms with van der Waals surface area (Å²) in [6.45, 7) is 2.50. The van der Waals surface area contributed by atoms with Crippen LogP contribution in [0.2, 0.25) is 0 Å². The van der Waals surface area contributed by atoms with Gasteiger partial charge in [-0.2, -0.15) is 10.2 Å². The van der Waals surface area contributed by atoms with Crippen LogP contribution in [0.1, 0.15) is 49.6 Å². The van der Waals surface area contributed by atoms with E-state index >= 15 is 0 Å². The smallest absolute Gasteiger partial charge is 0.371 e. The summed E-state index contributed by atoms with van der Waals surface area (Å²) in [5, 5.41) is 7.87. The molecule has 4 atom stereocenters. The first-order valence-corrected chi connectivity index (χ1v) is 17.4. The van der Waals surface area contributed by atoms with Crippen molar-refractivity contribution in [1.82, 2.24) is 49.5 Å². The van der Waals surface area contributed by atoms with E-state index < -0.39 is 77.9 Å². The molecule has 0 aliphatic heterocycles. The lowest BCUT2D eigenvalue weighted by atomic mass is 9.79. The van der Waals surface area contributed by atoms with Crippen molar-refractivity contribution in [3.63, 3.8) is 0 Å². The van der Waals surface area contributed by atoms with Crippen LogP contribution in [0, 0.1) is 34.9 Å². The molecule has 0 aliphatic rings. The first kappa shape index (κ1) is 40.7. The summed E-state index contributed by atoms with van der Waals surface area (Å²) in [7, 11) is -3.91. The van der Waals surface area contributed by atoms with E-state index in [0.29, 0.717) is 6.07 Å². The number of phosphoric ester groups is 1. The number of hydrogen-bond donors (Lipinski definition) is 2. The number of aromatic nitrogens is 10. The molecule has 0 amide bonds. The monoisotopic (exact) mass is 794 g/mol. The van der Waals surface area contributed by atoms with Gasteiger partial charge in [-0.15, -0.1) is 0 Å². The maximum absolute atomic E-state index is 14.8. The Labute approximate surface area is 309 Å². The molecule has 0 bridgehead atoms. The number of benzene rings is 2. The van der Waals surface area contributed by atoms with Crippen LogP contribution in [-0.2, 0) is 38.1 Å². The van der Waals surface area contributed by atoms with Gasteiger partial charge in [0.25, 0.3) is 0 Å². The number of nitrogens with zero attached hydrogens (tertiary/aromatic N) is 10. The normalized spacial score (nSPS) is 15.0. The fourth-order valence-corrected chi connectivity index (χ4v) is 6.87. The molecule has 4 aromatic heterocycles. The van der Waals surface area contributed by atoms with E-state index in [1.807, 2.05) is 0 Å². The highest BCUT2D eigenvalue weighted by molar-refractivity contribution is 7.46. The molecule has 2 aromatic carbocycles. The van der Waals surface area contributed by atoms with Crippen LogP contribution in [-0.4, -0.2) is 66.4 Å². The lowest BCUT2D eigenvalue weighted by Crippen LogP contribution is -2.41. The Morgan fingerprint density at radius 2 is 1.13 bits per heavy atom. The Morgan fingerprint density at radius 1 is 0.691 bits per heavy atom. The molecule has 0 saturated carbocycles. The summed E-state index contributed by atoms with van der Waals surface area (Å²) >= 11 is 0. The SMILES string of the molecule is CO[C@@](Cn1cncn1)(c1ccc(F)cc1F)[C@@H](C)c1ncncc1F.C[C@@H](c1ncncc1F)[C@@](Cn1cncn1)(OP(=O)(O)O)c1ccc(F)cc1F.[HH]. The van der Waals surface area contributed by atoms with Crippen LogP contribution in [0.4, 0.5) is 26.3 Å². The average Bonchev–Trinajstić information content (AvgIpc) is 3.85. The van der Waals surface area contributed by atoms with Crippen LogP contribution >= 0.6 is 7.82 Å². The second-order valence-corrected chi connectivity index (χ2v) is 13.1. The summed E-state index contributed by atoms with van der Waals surface area (Å²) < 4.78 is 110.